The Balaban J connectivity index is 2.17. The Bertz CT molecular complexity index is 677. The number of aryl methyl sites for hydroxylation is 1. The van der Waals surface area contributed by atoms with Crippen molar-refractivity contribution in [2.75, 3.05) is 11.3 Å². The van der Waals surface area contributed by atoms with Gasteiger partial charge in [0.15, 0.2) is 0 Å². The van der Waals surface area contributed by atoms with Gasteiger partial charge < -0.3 is 9.88 Å². The van der Waals surface area contributed by atoms with Crippen molar-refractivity contribution < 1.29 is 8.42 Å². The molecule has 0 atom stereocenters. The van der Waals surface area contributed by atoms with Gasteiger partial charge in [-0.25, -0.2) is 8.42 Å². The van der Waals surface area contributed by atoms with E-state index in [0.29, 0.717) is 5.69 Å². The van der Waals surface area contributed by atoms with Gasteiger partial charge in [0.05, 0.1) is 0 Å². The smallest absolute Gasteiger partial charge is 0.263 e. The van der Waals surface area contributed by atoms with Gasteiger partial charge in [0.25, 0.3) is 10.0 Å². The molecule has 0 saturated carbocycles. The predicted octanol–water partition coefficient (Wildman–Crippen LogP) is 1.94. The largest absolute Gasteiger partial charge is 0.356 e. The number of hydrogen-bond acceptors (Lipinski definition) is 3. The Morgan fingerprint density at radius 1 is 1.25 bits per heavy atom. The number of hydrogen-bond donors (Lipinski definition) is 2. The number of sulfonamides is 1. The van der Waals surface area contributed by atoms with Crippen LogP contribution in [-0.2, 0) is 23.6 Å². The summed E-state index contributed by atoms with van der Waals surface area (Å²) >= 11 is 0. The zero-order valence-corrected chi connectivity index (χ0v) is 12.4. The van der Waals surface area contributed by atoms with Crippen LogP contribution in [0.15, 0.2) is 47.6 Å². The molecule has 0 unspecified atom stereocenters. The maximum atomic E-state index is 12.2. The van der Waals surface area contributed by atoms with Gasteiger partial charge in [-0.2, -0.15) is 0 Å². The van der Waals surface area contributed by atoms with E-state index in [1.54, 1.807) is 36.1 Å². The van der Waals surface area contributed by atoms with E-state index in [1.165, 1.54) is 0 Å². The van der Waals surface area contributed by atoms with Crippen molar-refractivity contribution in [1.29, 1.82) is 0 Å². The summed E-state index contributed by atoms with van der Waals surface area (Å²) in [5, 5.41) is 3.21. The van der Waals surface area contributed by atoms with Crippen molar-refractivity contribution in [2.24, 2.45) is 7.05 Å². The second-order valence-corrected chi connectivity index (χ2v) is 6.28. The number of nitrogens with zero attached hydrogens (tertiary/aromatic N) is 1. The van der Waals surface area contributed by atoms with Crippen LogP contribution in [0.25, 0.3) is 0 Å². The Hall–Kier alpha value is -1.79. The van der Waals surface area contributed by atoms with E-state index >= 15 is 0 Å². The lowest BCUT2D eigenvalue weighted by Crippen LogP contribution is -2.14. The molecule has 0 saturated heterocycles. The van der Waals surface area contributed by atoms with E-state index in [4.69, 9.17) is 0 Å². The van der Waals surface area contributed by atoms with Crippen molar-refractivity contribution in [3.8, 4) is 0 Å². The minimum absolute atomic E-state index is 0.261. The monoisotopic (exact) mass is 293 g/mol. The standard InChI is InChI=1S/C14H19N3O2S/c1-3-15-10-12-5-4-6-13(9-12)16-20(18,19)14-7-8-17(2)11-14/h4-9,11,15-16H,3,10H2,1-2H3. The van der Waals surface area contributed by atoms with Crippen LogP contribution in [0.5, 0.6) is 0 Å². The summed E-state index contributed by atoms with van der Waals surface area (Å²) in [4.78, 5) is 0.261. The number of nitrogens with one attached hydrogen (secondary N) is 2. The van der Waals surface area contributed by atoms with Crippen LogP contribution in [0.4, 0.5) is 5.69 Å². The van der Waals surface area contributed by atoms with Crippen LogP contribution in [0.2, 0.25) is 0 Å². The molecular weight excluding hydrogens is 274 g/mol. The fourth-order valence-corrected chi connectivity index (χ4v) is 2.97. The summed E-state index contributed by atoms with van der Waals surface area (Å²) in [7, 11) is -1.73. The minimum atomic E-state index is -3.52. The van der Waals surface area contributed by atoms with E-state index in [2.05, 4.69) is 10.0 Å². The highest BCUT2D eigenvalue weighted by molar-refractivity contribution is 7.92. The molecule has 0 fully saturated rings. The van der Waals surface area contributed by atoms with Crippen molar-refractivity contribution in [3.63, 3.8) is 0 Å². The molecule has 0 amide bonds. The normalized spacial score (nSPS) is 11.5. The zero-order chi connectivity index (χ0) is 14.6. The molecule has 0 bridgehead atoms. The van der Waals surface area contributed by atoms with Gasteiger partial charge in [0, 0.05) is 31.7 Å². The number of rotatable bonds is 6. The highest BCUT2D eigenvalue weighted by Crippen LogP contribution is 2.17. The fraction of sp³-hybridized carbons (Fsp3) is 0.286. The molecule has 1 aromatic heterocycles. The summed E-state index contributed by atoms with van der Waals surface area (Å²) in [6, 6.07) is 8.96. The van der Waals surface area contributed by atoms with Crippen LogP contribution in [-0.4, -0.2) is 19.5 Å². The first-order valence-corrected chi connectivity index (χ1v) is 7.94. The van der Waals surface area contributed by atoms with E-state index in [-0.39, 0.29) is 4.90 Å². The summed E-state index contributed by atoms with van der Waals surface area (Å²) in [6.45, 7) is 3.62. The van der Waals surface area contributed by atoms with Crippen LogP contribution in [0, 0.1) is 0 Å². The second kappa shape index (κ2) is 6.11. The molecule has 20 heavy (non-hydrogen) atoms. The third kappa shape index (κ3) is 3.61. The van der Waals surface area contributed by atoms with Gasteiger partial charge in [-0.1, -0.05) is 19.1 Å². The van der Waals surface area contributed by atoms with Gasteiger partial charge in [0.1, 0.15) is 4.90 Å². The van der Waals surface area contributed by atoms with Crippen molar-refractivity contribution in [1.82, 2.24) is 9.88 Å². The molecule has 5 nitrogen and oxygen atoms in total. The topological polar surface area (TPSA) is 63.1 Å². The van der Waals surface area contributed by atoms with Crippen LogP contribution in [0.1, 0.15) is 12.5 Å². The van der Waals surface area contributed by atoms with Crippen molar-refractivity contribution in [2.45, 2.75) is 18.4 Å². The predicted molar refractivity (Wildman–Crippen MR) is 80.0 cm³/mol. The van der Waals surface area contributed by atoms with Gasteiger partial charge >= 0.3 is 0 Å². The first-order valence-electron chi connectivity index (χ1n) is 6.46. The lowest BCUT2D eigenvalue weighted by atomic mass is 10.2. The lowest BCUT2D eigenvalue weighted by molar-refractivity contribution is 0.601. The molecular formula is C14H19N3O2S. The molecule has 1 heterocycles. The summed E-state index contributed by atoms with van der Waals surface area (Å²) < 4.78 is 28.7. The van der Waals surface area contributed by atoms with Crippen LogP contribution < -0.4 is 10.0 Å². The van der Waals surface area contributed by atoms with E-state index in [0.717, 1.165) is 18.7 Å². The first kappa shape index (κ1) is 14.6. The number of anilines is 1. The molecule has 2 N–H and O–H groups in total. The Morgan fingerprint density at radius 3 is 2.70 bits per heavy atom. The molecule has 0 spiro atoms. The first-order chi connectivity index (χ1) is 9.51. The summed E-state index contributed by atoms with van der Waals surface area (Å²) in [6.07, 6.45) is 3.28. The Kier molecular flexibility index (Phi) is 4.46. The number of aromatic nitrogens is 1. The van der Waals surface area contributed by atoms with Crippen LogP contribution in [0.3, 0.4) is 0 Å². The molecule has 2 rings (SSSR count). The fourth-order valence-electron chi connectivity index (χ4n) is 1.86. The van der Waals surface area contributed by atoms with E-state index in [9.17, 15) is 8.42 Å². The van der Waals surface area contributed by atoms with Crippen molar-refractivity contribution in [3.05, 3.63) is 48.3 Å². The van der Waals surface area contributed by atoms with Crippen LogP contribution >= 0.6 is 0 Å². The number of benzene rings is 1. The molecule has 0 aliphatic rings. The SMILES string of the molecule is CCNCc1cccc(NS(=O)(=O)c2ccn(C)c2)c1. The Labute approximate surface area is 119 Å². The highest BCUT2D eigenvalue weighted by Gasteiger charge is 2.15. The van der Waals surface area contributed by atoms with E-state index < -0.39 is 10.0 Å². The van der Waals surface area contributed by atoms with Crippen molar-refractivity contribution >= 4 is 15.7 Å². The maximum Gasteiger partial charge on any atom is 0.263 e. The molecule has 1 aromatic carbocycles. The molecule has 6 heteroatoms. The molecule has 0 aliphatic carbocycles. The molecule has 108 valence electrons. The van der Waals surface area contributed by atoms with Gasteiger partial charge in [-0.15, -0.1) is 0 Å². The average molecular weight is 293 g/mol. The minimum Gasteiger partial charge on any atom is -0.356 e. The lowest BCUT2D eigenvalue weighted by Gasteiger charge is -2.08. The Morgan fingerprint density at radius 2 is 2.05 bits per heavy atom. The third-order valence-electron chi connectivity index (χ3n) is 2.87. The quantitative estimate of drug-likeness (QED) is 0.855. The molecule has 2 aromatic rings. The van der Waals surface area contributed by atoms with E-state index in [1.807, 2.05) is 25.1 Å². The zero-order valence-electron chi connectivity index (χ0n) is 11.6. The third-order valence-corrected chi connectivity index (χ3v) is 4.24. The average Bonchev–Trinajstić information content (AvgIpc) is 2.84. The second-order valence-electron chi connectivity index (χ2n) is 4.60. The summed E-state index contributed by atoms with van der Waals surface area (Å²) in [5.74, 6) is 0. The highest BCUT2D eigenvalue weighted by atomic mass is 32.2. The van der Waals surface area contributed by atoms with Gasteiger partial charge in [0.2, 0.25) is 0 Å². The van der Waals surface area contributed by atoms with Gasteiger partial charge in [-0.3, -0.25) is 4.72 Å². The van der Waals surface area contributed by atoms with Gasteiger partial charge in [-0.05, 0) is 30.3 Å². The maximum absolute atomic E-state index is 12.2. The summed E-state index contributed by atoms with van der Waals surface area (Å²) in [5.41, 5.74) is 1.62. The molecule has 0 radical (unpaired) electrons. The molecule has 0 aliphatic heterocycles.